The van der Waals surface area contributed by atoms with Crippen LogP contribution in [-0.4, -0.2) is 46.5 Å². The highest BCUT2D eigenvalue weighted by Gasteiger charge is 2.41. The second-order valence-corrected chi connectivity index (χ2v) is 6.02. The third-order valence-electron chi connectivity index (χ3n) is 4.02. The van der Waals surface area contributed by atoms with Crippen molar-refractivity contribution in [2.75, 3.05) is 33.8 Å². The maximum atomic E-state index is 12.5. The van der Waals surface area contributed by atoms with Gasteiger partial charge in [-0.1, -0.05) is 0 Å². The number of esters is 1. The van der Waals surface area contributed by atoms with Gasteiger partial charge in [0.1, 0.15) is 17.2 Å². The van der Waals surface area contributed by atoms with Gasteiger partial charge < -0.3 is 29.0 Å². The number of methoxy groups -OCH3 is 4. The summed E-state index contributed by atoms with van der Waals surface area (Å²) in [5.41, 5.74) is 0.527. The van der Waals surface area contributed by atoms with Crippen molar-refractivity contribution in [2.24, 2.45) is 0 Å². The van der Waals surface area contributed by atoms with E-state index in [2.05, 4.69) is 10.1 Å². The van der Waals surface area contributed by atoms with E-state index in [4.69, 9.17) is 18.9 Å². The number of anilines is 1. The molecule has 0 fully saturated rings. The van der Waals surface area contributed by atoms with Crippen molar-refractivity contribution in [3.63, 3.8) is 0 Å². The number of rotatable bonds is 8. The van der Waals surface area contributed by atoms with Crippen molar-refractivity contribution in [1.82, 2.24) is 0 Å². The van der Waals surface area contributed by atoms with Gasteiger partial charge in [-0.05, 0) is 18.2 Å². The van der Waals surface area contributed by atoms with E-state index in [0.29, 0.717) is 22.8 Å². The fourth-order valence-corrected chi connectivity index (χ4v) is 2.53. The summed E-state index contributed by atoms with van der Waals surface area (Å²) in [6.45, 7) is 0. The summed E-state index contributed by atoms with van der Waals surface area (Å²) >= 11 is 0. The van der Waals surface area contributed by atoms with Crippen molar-refractivity contribution in [1.29, 1.82) is 0 Å². The van der Waals surface area contributed by atoms with Crippen LogP contribution in [0.2, 0.25) is 0 Å². The Bertz CT molecular complexity index is 994. The molecule has 0 saturated heterocycles. The minimum atomic E-state index is -5.19. The van der Waals surface area contributed by atoms with Crippen molar-refractivity contribution in [3.8, 4) is 28.7 Å². The molecule has 0 bridgehead atoms. The van der Waals surface area contributed by atoms with Gasteiger partial charge in [-0.15, -0.1) is 0 Å². The maximum Gasteiger partial charge on any atom is 0.491 e. The third kappa shape index (κ3) is 6.06. The van der Waals surface area contributed by atoms with Gasteiger partial charge in [-0.3, -0.25) is 4.79 Å². The van der Waals surface area contributed by atoms with E-state index in [1.165, 1.54) is 52.7 Å². The molecule has 0 saturated carbocycles. The Morgan fingerprint density at radius 2 is 1.44 bits per heavy atom. The molecule has 0 spiro atoms. The average molecular weight is 455 g/mol. The van der Waals surface area contributed by atoms with Crippen LogP contribution in [0.5, 0.6) is 28.7 Å². The predicted octanol–water partition coefficient (Wildman–Crippen LogP) is 3.84. The van der Waals surface area contributed by atoms with Crippen molar-refractivity contribution in [2.45, 2.75) is 6.18 Å². The van der Waals surface area contributed by atoms with Gasteiger partial charge in [-0.2, -0.15) is 13.2 Å². The number of carbonyl (C=O) groups excluding carboxylic acids is 2. The van der Waals surface area contributed by atoms with E-state index < -0.39 is 23.8 Å². The van der Waals surface area contributed by atoms with Gasteiger partial charge >= 0.3 is 12.1 Å². The molecule has 172 valence electrons. The van der Waals surface area contributed by atoms with E-state index >= 15 is 0 Å². The number of hydrogen-bond donors (Lipinski definition) is 1. The van der Waals surface area contributed by atoms with Crippen molar-refractivity contribution >= 4 is 23.6 Å². The first-order valence-electron chi connectivity index (χ1n) is 8.89. The Labute approximate surface area is 181 Å². The van der Waals surface area contributed by atoms with Crippen LogP contribution < -0.4 is 29.0 Å². The van der Waals surface area contributed by atoms with Crippen LogP contribution >= 0.6 is 0 Å². The number of halogens is 3. The van der Waals surface area contributed by atoms with Crippen molar-refractivity contribution < 1.29 is 46.4 Å². The predicted molar refractivity (Wildman–Crippen MR) is 108 cm³/mol. The van der Waals surface area contributed by atoms with Gasteiger partial charge in [0.2, 0.25) is 5.91 Å². The molecular weight excluding hydrogens is 435 g/mol. The standard InChI is InChI=1S/C21H20F3NO7/c1-28-13-10-16(30-3)14(17(11-13)31-4)6-8-19(26)25-12-5-7-15(29-2)18(9-12)32-20(27)21(22,23)24/h5-11H,1-4H3,(H,25,26)/b8-6+. The summed E-state index contributed by atoms with van der Waals surface area (Å²) in [6, 6.07) is 6.84. The lowest BCUT2D eigenvalue weighted by atomic mass is 10.1. The van der Waals surface area contributed by atoms with E-state index in [0.717, 1.165) is 6.07 Å². The van der Waals surface area contributed by atoms with Crippen LogP contribution in [0, 0.1) is 0 Å². The molecule has 1 N–H and O–H groups in total. The molecule has 2 aromatic carbocycles. The molecule has 32 heavy (non-hydrogen) atoms. The number of carbonyl (C=O) groups is 2. The lowest BCUT2D eigenvalue weighted by Gasteiger charge is -2.13. The molecular formula is C21H20F3NO7. The first-order valence-corrected chi connectivity index (χ1v) is 8.89. The fourth-order valence-electron chi connectivity index (χ4n) is 2.53. The summed E-state index contributed by atoms with van der Waals surface area (Å²) in [5, 5.41) is 2.45. The van der Waals surface area contributed by atoms with Crippen LogP contribution in [0.15, 0.2) is 36.4 Å². The molecule has 0 aromatic heterocycles. The van der Waals surface area contributed by atoms with Crippen LogP contribution in [0.4, 0.5) is 18.9 Å². The van der Waals surface area contributed by atoms with E-state index in [1.54, 1.807) is 12.1 Å². The smallest absolute Gasteiger partial charge is 0.491 e. The highest BCUT2D eigenvalue weighted by molar-refractivity contribution is 6.02. The first kappa shape index (κ1) is 24.4. The van der Waals surface area contributed by atoms with Gasteiger partial charge in [0, 0.05) is 30.0 Å². The zero-order valence-electron chi connectivity index (χ0n) is 17.5. The Kier molecular flexibility index (Phi) is 7.94. The molecule has 2 aromatic rings. The topological polar surface area (TPSA) is 92.3 Å². The Balaban J connectivity index is 2.24. The number of ether oxygens (including phenoxy) is 5. The Hall–Kier alpha value is -3.89. The number of hydrogen-bond acceptors (Lipinski definition) is 7. The minimum absolute atomic E-state index is 0.0686. The summed E-state index contributed by atoms with van der Waals surface area (Å²) in [6.07, 6.45) is -2.59. The number of benzene rings is 2. The summed E-state index contributed by atoms with van der Waals surface area (Å²) in [4.78, 5) is 23.5. The normalized spacial score (nSPS) is 11.1. The van der Waals surface area contributed by atoms with Gasteiger partial charge in [0.15, 0.2) is 11.5 Å². The molecule has 0 unspecified atom stereocenters. The van der Waals surface area contributed by atoms with Crippen molar-refractivity contribution in [3.05, 3.63) is 42.0 Å². The highest BCUT2D eigenvalue weighted by atomic mass is 19.4. The second-order valence-electron chi connectivity index (χ2n) is 6.02. The van der Waals surface area contributed by atoms with E-state index in [9.17, 15) is 22.8 Å². The van der Waals surface area contributed by atoms with Gasteiger partial charge in [0.05, 0.1) is 34.0 Å². The molecule has 1 amide bonds. The molecule has 0 aliphatic heterocycles. The number of nitrogens with one attached hydrogen (secondary N) is 1. The zero-order chi connectivity index (χ0) is 23.9. The lowest BCUT2D eigenvalue weighted by Crippen LogP contribution is -2.28. The summed E-state index contributed by atoms with van der Waals surface area (Å²) in [7, 11) is 5.54. The Morgan fingerprint density at radius 1 is 0.844 bits per heavy atom. The maximum absolute atomic E-state index is 12.5. The van der Waals surface area contributed by atoms with Crippen LogP contribution in [-0.2, 0) is 9.59 Å². The second kappa shape index (κ2) is 10.4. The highest BCUT2D eigenvalue weighted by Crippen LogP contribution is 2.35. The quantitative estimate of drug-likeness (QED) is 0.367. The summed E-state index contributed by atoms with van der Waals surface area (Å²) < 4.78 is 62.4. The minimum Gasteiger partial charge on any atom is -0.496 e. The zero-order valence-corrected chi connectivity index (χ0v) is 17.5. The van der Waals surface area contributed by atoms with Gasteiger partial charge in [0.25, 0.3) is 0 Å². The monoisotopic (exact) mass is 455 g/mol. The van der Waals surface area contributed by atoms with Crippen LogP contribution in [0.1, 0.15) is 5.56 Å². The molecule has 2 rings (SSSR count). The molecule has 0 radical (unpaired) electrons. The van der Waals surface area contributed by atoms with Crippen LogP contribution in [0.25, 0.3) is 6.08 Å². The Morgan fingerprint density at radius 3 is 1.94 bits per heavy atom. The fraction of sp³-hybridized carbons (Fsp3) is 0.238. The SMILES string of the molecule is COc1cc(OC)c(/C=C/C(=O)Nc2ccc(OC)c(OC(=O)C(F)(F)F)c2)c(OC)c1. The van der Waals surface area contributed by atoms with E-state index in [1.807, 2.05) is 0 Å². The number of amides is 1. The molecule has 0 heterocycles. The molecule has 11 heteroatoms. The average Bonchev–Trinajstić information content (AvgIpc) is 2.76. The lowest BCUT2D eigenvalue weighted by molar-refractivity contribution is -0.189. The molecule has 8 nitrogen and oxygen atoms in total. The van der Waals surface area contributed by atoms with E-state index in [-0.39, 0.29) is 11.4 Å². The summed E-state index contributed by atoms with van der Waals surface area (Å²) in [5.74, 6) is -2.41. The van der Waals surface area contributed by atoms with Crippen LogP contribution in [0.3, 0.4) is 0 Å². The third-order valence-corrected chi connectivity index (χ3v) is 4.02. The largest absolute Gasteiger partial charge is 0.496 e. The number of alkyl halides is 3. The van der Waals surface area contributed by atoms with Gasteiger partial charge in [-0.25, -0.2) is 4.79 Å². The molecule has 0 aliphatic carbocycles. The first-order chi connectivity index (χ1) is 15.1. The molecule has 0 aliphatic rings. The molecule has 0 atom stereocenters.